The molecule has 1 aromatic carbocycles. The van der Waals surface area contributed by atoms with Crippen molar-refractivity contribution in [1.29, 1.82) is 0 Å². The fourth-order valence-electron chi connectivity index (χ4n) is 4.60. The molecule has 12 heteroatoms. The minimum atomic E-state index is -1.82. The van der Waals surface area contributed by atoms with Gasteiger partial charge in [0.2, 0.25) is 5.89 Å². The van der Waals surface area contributed by atoms with E-state index in [0.717, 1.165) is 75.3 Å². The Morgan fingerprint density at radius 1 is 1.06 bits per heavy atom. The molecule has 0 bridgehead atoms. The van der Waals surface area contributed by atoms with Crippen LogP contribution in [0.5, 0.6) is 5.75 Å². The molecule has 11 nitrogen and oxygen atoms in total. The Labute approximate surface area is 200 Å². The van der Waals surface area contributed by atoms with Gasteiger partial charge in [-0.15, -0.1) is 10.2 Å². The maximum absolute atomic E-state index is 9.10. The summed E-state index contributed by atoms with van der Waals surface area (Å²) in [5.41, 5.74) is 8.35. The highest BCUT2D eigenvalue weighted by Crippen LogP contribution is 2.43. The fourth-order valence-corrected chi connectivity index (χ4v) is 4.82. The Morgan fingerprint density at radius 3 is 2.38 bits per heavy atom. The van der Waals surface area contributed by atoms with E-state index in [1.165, 1.54) is 0 Å². The third-order valence-corrected chi connectivity index (χ3v) is 6.72. The average Bonchev–Trinajstić information content (AvgIpc) is 3.53. The van der Waals surface area contributed by atoms with Gasteiger partial charge in [0.1, 0.15) is 5.75 Å². The molecule has 184 valence electrons. The Bertz CT molecular complexity index is 1030. The lowest BCUT2D eigenvalue weighted by Crippen LogP contribution is -2.43. The van der Waals surface area contributed by atoms with Crippen LogP contribution in [0.4, 0.5) is 5.69 Å². The van der Waals surface area contributed by atoms with Gasteiger partial charge in [-0.25, -0.2) is 9.59 Å². The van der Waals surface area contributed by atoms with E-state index in [2.05, 4.69) is 15.1 Å². The molecule has 1 aromatic heterocycles. The number of carboxylic acids is 2. The van der Waals surface area contributed by atoms with Crippen LogP contribution in [0.3, 0.4) is 0 Å². The number of carboxylic acid groups (broad SMARTS) is 2. The summed E-state index contributed by atoms with van der Waals surface area (Å²) in [4.78, 5) is 20.8. The van der Waals surface area contributed by atoms with E-state index >= 15 is 0 Å². The number of fused-ring (bicyclic) bond motifs is 1. The highest BCUT2D eigenvalue weighted by atomic mass is 35.5. The number of likely N-dealkylation sites (tertiary alicyclic amines) is 1. The molecule has 4 heterocycles. The Morgan fingerprint density at radius 2 is 1.74 bits per heavy atom. The molecule has 5 rings (SSSR count). The minimum absolute atomic E-state index is 0.301. The van der Waals surface area contributed by atoms with Crippen molar-refractivity contribution in [3.63, 3.8) is 0 Å². The lowest BCUT2D eigenvalue weighted by molar-refractivity contribution is -0.159. The van der Waals surface area contributed by atoms with Crippen molar-refractivity contribution in [2.75, 3.05) is 38.6 Å². The summed E-state index contributed by atoms with van der Waals surface area (Å²) in [6, 6.07) is 2.43. The van der Waals surface area contributed by atoms with Crippen LogP contribution in [-0.2, 0) is 20.7 Å². The number of nitrogens with two attached hydrogens (primary N) is 1. The van der Waals surface area contributed by atoms with Crippen LogP contribution in [0.25, 0.3) is 11.5 Å². The van der Waals surface area contributed by atoms with Crippen LogP contribution in [0.1, 0.15) is 43.1 Å². The third kappa shape index (κ3) is 5.26. The zero-order chi connectivity index (χ0) is 24.2. The number of rotatable bonds is 3. The predicted octanol–water partition coefficient (Wildman–Crippen LogP) is 2.42. The highest BCUT2D eigenvalue weighted by molar-refractivity contribution is 6.33. The highest BCUT2D eigenvalue weighted by Gasteiger charge is 2.31. The van der Waals surface area contributed by atoms with Crippen molar-refractivity contribution < 1.29 is 33.7 Å². The Hall–Kier alpha value is -2.89. The van der Waals surface area contributed by atoms with Crippen LogP contribution >= 0.6 is 11.6 Å². The summed E-state index contributed by atoms with van der Waals surface area (Å²) in [5, 5.41) is 23.9. The van der Waals surface area contributed by atoms with Crippen molar-refractivity contribution in [2.45, 2.75) is 44.1 Å². The zero-order valence-electron chi connectivity index (χ0n) is 18.5. The number of benzene rings is 1. The van der Waals surface area contributed by atoms with Gasteiger partial charge < -0.3 is 34.7 Å². The van der Waals surface area contributed by atoms with E-state index in [9.17, 15) is 0 Å². The molecule has 2 fully saturated rings. The smallest absolute Gasteiger partial charge is 0.414 e. The van der Waals surface area contributed by atoms with Crippen LogP contribution in [0.15, 0.2) is 10.5 Å². The number of hydrogen-bond donors (Lipinski definition) is 3. The van der Waals surface area contributed by atoms with E-state index < -0.39 is 11.9 Å². The number of piperidine rings is 1. The van der Waals surface area contributed by atoms with Gasteiger partial charge in [-0.3, -0.25) is 0 Å². The lowest BCUT2D eigenvalue weighted by Gasteiger charge is -2.38. The molecule has 2 saturated heterocycles. The molecule has 0 saturated carbocycles. The van der Waals surface area contributed by atoms with Crippen molar-refractivity contribution in [2.24, 2.45) is 0 Å². The number of hydrogen-bond acceptors (Lipinski definition) is 9. The number of carbonyl (C=O) groups is 2. The number of ether oxygens (including phenoxy) is 2. The predicted molar refractivity (Wildman–Crippen MR) is 121 cm³/mol. The molecule has 0 amide bonds. The van der Waals surface area contributed by atoms with Gasteiger partial charge in [-0.2, -0.15) is 0 Å². The van der Waals surface area contributed by atoms with Crippen molar-refractivity contribution in [1.82, 2.24) is 15.1 Å². The molecule has 0 radical (unpaired) electrons. The quantitative estimate of drug-likeness (QED) is 0.424. The second-order valence-electron chi connectivity index (χ2n) is 8.44. The molecule has 4 N–H and O–H groups in total. The standard InChI is InChI=1S/C20H25ClN4O3.C2H2O4/c21-16-11-15(18-14(17(16)22)5-10-27-18)20-24-23-19(28-20)12-1-6-25(7-2-12)13-3-8-26-9-4-13;3-1(4)2(5)6/h11-13H,1-10,22H2;(H,3,4)(H,5,6). The van der Waals surface area contributed by atoms with E-state index in [1.54, 1.807) is 6.07 Å². The van der Waals surface area contributed by atoms with E-state index in [0.29, 0.717) is 41.1 Å². The van der Waals surface area contributed by atoms with Gasteiger partial charge in [0.15, 0.2) is 0 Å². The zero-order valence-corrected chi connectivity index (χ0v) is 19.3. The van der Waals surface area contributed by atoms with Crippen LogP contribution < -0.4 is 10.5 Å². The molecule has 0 atom stereocenters. The summed E-state index contributed by atoms with van der Waals surface area (Å²) < 4.78 is 17.3. The first-order valence-electron chi connectivity index (χ1n) is 11.2. The van der Waals surface area contributed by atoms with Gasteiger partial charge in [0, 0.05) is 37.2 Å². The van der Waals surface area contributed by atoms with Crippen molar-refractivity contribution >= 4 is 29.2 Å². The Balaban J connectivity index is 0.000000408. The van der Waals surface area contributed by atoms with Crippen molar-refractivity contribution in [3.05, 3.63) is 22.5 Å². The number of aromatic nitrogens is 2. The molecule has 2 aromatic rings. The van der Waals surface area contributed by atoms with Gasteiger partial charge in [-0.1, -0.05) is 11.6 Å². The maximum atomic E-state index is 9.10. The topological polar surface area (TPSA) is 161 Å². The lowest BCUT2D eigenvalue weighted by atomic mass is 9.94. The van der Waals surface area contributed by atoms with Crippen LogP contribution in [-0.4, -0.2) is 76.2 Å². The van der Waals surface area contributed by atoms with Crippen LogP contribution in [0.2, 0.25) is 5.02 Å². The number of anilines is 1. The maximum Gasteiger partial charge on any atom is 0.414 e. The molecule has 3 aliphatic rings. The monoisotopic (exact) mass is 494 g/mol. The summed E-state index contributed by atoms with van der Waals surface area (Å²) in [6.45, 7) is 4.50. The summed E-state index contributed by atoms with van der Waals surface area (Å²) in [5.74, 6) is -1.45. The van der Waals surface area contributed by atoms with E-state index in [-0.39, 0.29) is 0 Å². The van der Waals surface area contributed by atoms with E-state index in [1.807, 2.05) is 0 Å². The number of nitrogen functional groups attached to an aromatic ring is 1. The molecular weight excluding hydrogens is 468 g/mol. The molecule has 0 spiro atoms. The first-order chi connectivity index (χ1) is 16.3. The number of nitrogens with zero attached hydrogens (tertiary/aromatic N) is 3. The molecule has 34 heavy (non-hydrogen) atoms. The summed E-state index contributed by atoms with van der Waals surface area (Å²) in [6.07, 6.45) is 5.10. The third-order valence-electron chi connectivity index (χ3n) is 6.41. The van der Waals surface area contributed by atoms with Gasteiger partial charge >= 0.3 is 11.9 Å². The average molecular weight is 495 g/mol. The largest absolute Gasteiger partial charge is 0.492 e. The second kappa shape index (κ2) is 10.6. The summed E-state index contributed by atoms with van der Waals surface area (Å²) >= 11 is 6.31. The molecular formula is C22H27ClN4O7. The first-order valence-corrected chi connectivity index (χ1v) is 11.6. The molecule has 3 aliphatic heterocycles. The number of aliphatic carboxylic acids is 2. The first kappa shape index (κ1) is 24.2. The van der Waals surface area contributed by atoms with E-state index in [4.69, 9.17) is 51.0 Å². The van der Waals surface area contributed by atoms with Crippen LogP contribution in [0, 0.1) is 0 Å². The Kier molecular flexibility index (Phi) is 7.54. The van der Waals surface area contributed by atoms with Gasteiger partial charge in [0.05, 0.1) is 22.9 Å². The van der Waals surface area contributed by atoms with Gasteiger partial charge in [-0.05, 0) is 44.8 Å². The van der Waals surface area contributed by atoms with Gasteiger partial charge in [0.25, 0.3) is 5.89 Å². The SMILES string of the molecule is Nc1c(Cl)cc(-c2nnc(C3CCN(C4CCOCC4)CC3)o2)c2c1CCO2.O=C(O)C(=O)O. The molecule has 0 aliphatic carbocycles. The molecule has 0 unspecified atom stereocenters. The normalized spacial score (nSPS) is 19.1. The number of halogens is 1. The summed E-state index contributed by atoms with van der Waals surface area (Å²) in [7, 11) is 0. The second-order valence-corrected chi connectivity index (χ2v) is 8.84. The minimum Gasteiger partial charge on any atom is -0.492 e. The van der Waals surface area contributed by atoms with Crippen molar-refractivity contribution in [3.8, 4) is 17.2 Å². The fraction of sp³-hybridized carbons (Fsp3) is 0.545.